The molecular formula is C22H32N4O4S. The smallest absolute Gasteiger partial charge is 0.317 e. The van der Waals surface area contributed by atoms with E-state index >= 15 is 0 Å². The van der Waals surface area contributed by atoms with Crippen LogP contribution in [0.1, 0.15) is 50.5 Å². The molecule has 31 heavy (non-hydrogen) atoms. The highest BCUT2D eigenvalue weighted by atomic mass is 32.2. The first-order valence-corrected chi connectivity index (χ1v) is 12.4. The summed E-state index contributed by atoms with van der Waals surface area (Å²) < 4.78 is 25.8. The van der Waals surface area contributed by atoms with Crippen LogP contribution >= 0.6 is 0 Å². The number of nitrogens with one attached hydrogen (secondary N) is 3. The summed E-state index contributed by atoms with van der Waals surface area (Å²) in [5.74, 6) is -0.197. The van der Waals surface area contributed by atoms with Gasteiger partial charge in [-0.1, -0.05) is 31.4 Å². The van der Waals surface area contributed by atoms with Gasteiger partial charge in [0.1, 0.15) is 0 Å². The third-order valence-corrected chi connectivity index (χ3v) is 7.38. The third-order valence-electron chi connectivity index (χ3n) is 5.95. The average molecular weight is 449 g/mol. The molecule has 0 bridgehead atoms. The SMILES string of the molecule is CNS(=O)(=O)c1ccc(/C=C/C(=O)NC2CCN(C(=O)NC3CCCCC3)CC2)cc1. The van der Waals surface area contributed by atoms with E-state index < -0.39 is 10.0 Å². The zero-order valence-corrected chi connectivity index (χ0v) is 18.8. The summed E-state index contributed by atoms with van der Waals surface area (Å²) in [6.45, 7) is 1.27. The Hall–Kier alpha value is -2.39. The number of hydrogen-bond donors (Lipinski definition) is 3. The van der Waals surface area contributed by atoms with Crippen LogP contribution in [0.3, 0.4) is 0 Å². The lowest BCUT2D eigenvalue weighted by Gasteiger charge is -2.34. The standard InChI is InChI=1S/C22H32N4O4S/c1-23-31(29,30)20-10-7-17(8-11-20)9-12-21(27)24-19-13-15-26(16-14-19)22(28)25-18-5-3-2-4-6-18/h7-12,18-19,23H,2-6,13-16H2,1H3,(H,24,27)(H,25,28)/b12-9+. The van der Waals surface area contributed by atoms with Crippen LogP contribution < -0.4 is 15.4 Å². The zero-order chi connectivity index (χ0) is 22.3. The number of urea groups is 1. The van der Waals surface area contributed by atoms with Gasteiger partial charge < -0.3 is 15.5 Å². The van der Waals surface area contributed by atoms with Crippen molar-refractivity contribution in [3.63, 3.8) is 0 Å². The van der Waals surface area contributed by atoms with Gasteiger partial charge in [-0.3, -0.25) is 4.79 Å². The summed E-state index contributed by atoms with van der Waals surface area (Å²) in [6.07, 6.45) is 10.3. The summed E-state index contributed by atoms with van der Waals surface area (Å²) in [7, 11) is -2.11. The van der Waals surface area contributed by atoms with Crippen LogP contribution in [0, 0.1) is 0 Å². The Bertz CT molecular complexity index is 885. The Labute approximate surface area is 184 Å². The number of amides is 3. The summed E-state index contributed by atoms with van der Waals surface area (Å²) >= 11 is 0. The van der Waals surface area contributed by atoms with Crippen LogP contribution in [-0.2, 0) is 14.8 Å². The van der Waals surface area contributed by atoms with Crippen molar-refractivity contribution in [3.05, 3.63) is 35.9 Å². The summed E-state index contributed by atoms with van der Waals surface area (Å²) in [5.41, 5.74) is 0.736. The molecule has 1 saturated carbocycles. The Morgan fingerprint density at radius 3 is 2.16 bits per heavy atom. The molecule has 0 aromatic heterocycles. The number of sulfonamides is 1. The highest BCUT2D eigenvalue weighted by Crippen LogP contribution is 2.18. The van der Waals surface area contributed by atoms with Crippen LogP contribution in [-0.4, -0.2) is 57.5 Å². The van der Waals surface area contributed by atoms with E-state index in [1.807, 2.05) is 4.90 Å². The van der Waals surface area contributed by atoms with Crippen molar-refractivity contribution in [3.8, 4) is 0 Å². The normalized spacial score (nSPS) is 18.8. The Morgan fingerprint density at radius 2 is 1.55 bits per heavy atom. The molecule has 0 spiro atoms. The number of benzene rings is 1. The molecule has 3 N–H and O–H groups in total. The van der Waals surface area contributed by atoms with Gasteiger partial charge in [-0.05, 0) is 56.5 Å². The lowest BCUT2D eigenvalue weighted by atomic mass is 9.95. The fraction of sp³-hybridized carbons (Fsp3) is 0.545. The number of carbonyl (C=O) groups excluding carboxylic acids is 2. The predicted molar refractivity (Wildman–Crippen MR) is 120 cm³/mol. The molecule has 1 aliphatic heterocycles. The Kier molecular flexibility index (Phi) is 8.09. The van der Waals surface area contributed by atoms with Crippen LogP contribution in [0.4, 0.5) is 4.79 Å². The molecular weight excluding hydrogens is 416 g/mol. The summed E-state index contributed by atoms with van der Waals surface area (Å²) in [6, 6.07) is 6.65. The molecule has 170 valence electrons. The second-order valence-electron chi connectivity index (χ2n) is 8.16. The number of nitrogens with zero attached hydrogens (tertiary/aromatic N) is 1. The first-order valence-electron chi connectivity index (χ1n) is 10.9. The van der Waals surface area contributed by atoms with E-state index in [9.17, 15) is 18.0 Å². The van der Waals surface area contributed by atoms with E-state index in [4.69, 9.17) is 0 Å². The van der Waals surface area contributed by atoms with Crippen molar-refractivity contribution in [2.24, 2.45) is 0 Å². The van der Waals surface area contributed by atoms with Gasteiger partial charge in [-0.15, -0.1) is 0 Å². The van der Waals surface area contributed by atoms with Crippen molar-refractivity contribution in [1.29, 1.82) is 0 Å². The maximum atomic E-state index is 12.4. The summed E-state index contributed by atoms with van der Waals surface area (Å²) in [4.78, 5) is 26.7. The number of likely N-dealkylation sites (tertiary alicyclic amines) is 1. The van der Waals surface area contributed by atoms with Crippen molar-refractivity contribution in [2.75, 3.05) is 20.1 Å². The molecule has 1 aliphatic carbocycles. The Morgan fingerprint density at radius 1 is 0.935 bits per heavy atom. The molecule has 3 amide bonds. The van der Waals surface area contributed by atoms with Crippen molar-refractivity contribution in [2.45, 2.75) is 61.9 Å². The minimum atomic E-state index is -3.47. The molecule has 1 heterocycles. The minimum Gasteiger partial charge on any atom is -0.350 e. The van der Waals surface area contributed by atoms with Crippen molar-refractivity contribution >= 4 is 28.0 Å². The first kappa shape index (κ1) is 23.3. The third kappa shape index (κ3) is 6.80. The molecule has 0 atom stereocenters. The van der Waals surface area contributed by atoms with Crippen LogP contribution in [0.15, 0.2) is 35.2 Å². The molecule has 8 nitrogen and oxygen atoms in total. The molecule has 0 unspecified atom stereocenters. The van der Waals surface area contributed by atoms with E-state index in [0.29, 0.717) is 19.1 Å². The van der Waals surface area contributed by atoms with Gasteiger partial charge in [-0.2, -0.15) is 0 Å². The van der Waals surface area contributed by atoms with Gasteiger partial charge in [0.2, 0.25) is 15.9 Å². The van der Waals surface area contributed by atoms with Gasteiger partial charge >= 0.3 is 6.03 Å². The maximum Gasteiger partial charge on any atom is 0.317 e. The largest absolute Gasteiger partial charge is 0.350 e. The van der Waals surface area contributed by atoms with E-state index in [2.05, 4.69) is 15.4 Å². The van der Waals surface area contributed by atoms with Gasteiger partial charge in [-0.25, -0.2) is 17.9 Å². The second-order valence-corrected chi connectivity index (χ2v) is 10.1. The average Bonchev–Trinajstić information content (AvgIpc) is 2.79. The van der Waals surface area contributed by atoms with Gasteiger partial charge in [0.05, 0.1) is 4.90 Å². The van der Waals surface area contributed by atoms with E-state index in [1.54, 1.807) is 18.2 Å². The lowest BCUT2D eigenvalue weighted by Crippen LogP contribution is -2.51. The minimum absolute atomic E-state index is 0.0142. The first-order chi connectivity index (χ1) is 14.9. The highest BCUT2D eigenvalue weighted by molar-refractivity contribution is 7.89. The van der Waals surface area contributed by atoms with Gasteiger partial charge in [0.15, 0.2) is 0 Å². The predicted octanol–water partition coefficient (Wildman–Crippen LogP) is 2.23. The molecule has 9 heteroatoms. The zero-order valence-electron chi connectivity index (χ0n) is 18.0. The quantitative estimate of drug-likeness (QED) is 0.580. The molecule has 1 saturated heterocycles. The molecule has 2 fully saturated rings. The fourth-order valence-corrected chi connectivity index (χ4v) is 4.77. The van der Waals surface area contributed by atoms with Crippen LogP contribution in [0.2, 0.25) is 0 Å². The molecule has 3 rings (SSSR count). The highest BCUT2D eigenvalue weighted by Gasteiger charge is 2.25. The van der Waals surface area contributed by atoms with Gasteiger partial charge in [0.25, 0.3) is 0 Å². The van der Waals surface area contributed by atoms with Crippen LogP contribution in [0.25, 0.3) is 6.08 Å². The summed E-state index contributed by atoms with van der Waals surface area (Å²) in [5, 5.41) is 6.13. The van der Waals surface area contributed by atoms with E-state index in [1.165, 1.54) is 44.5 Å². The topological polar surface area (TPSA) is 108 Å². The lowest BCUT2D eigenvalue weighted by molar-refractivity contribution is -0.117. The van der Waals surface area contributed by atoms with Crippen LogP contribution in [0.5, 0.6) is 0 Å². The molecule has 1 aromatic rings. The fourth-order valence-electron chi connectivity index (χ4n) is 4.04. The monoisotopic (exact) mass is 448 g/mol. The number of rotatable bonds is 6. The molecule has 1 aromatic carbocycles. The number of hydrogen-bond acceptors (Lipinski definition) is 4. The molecule has 0 radical (unpaired) electrons. The van der Waals surface area contributed by atoms with E-state index in [-0.39, 0.29) is 22.9 Å². The Balaban J connectivity index is 1.42. The number of piperidine rings is 1. The number of carbonyl (C=O) groups is 2. The van der Waals surface area contributed by atoms with Gasteiger partial charge in [0, 0.05) is 31.2 Å². The van der Waals surface area contributed by atoms with E-state index in [0.717, 1.165) is 31.2 Å². The van der Waals surface area contributed by atoms with Crippen molar-refractivity contribution in [1.82, 2.24) is 20.3 Å². The molecule has 2 aliphatic rings. The second kappa shape index (κ2) is 10.8. The van der Waals surface area contributed by atoms with Crippen molar-refractivity contribution < 1.29 is 18.0 Å². The maximum absolute atomic E-state index is 12.4.